The Kier molecular flexibility index (Phi) is 6.84. The molecule has 1 aromatic heterocycles. The largest absolute Gasteiger partial charge is 0.391 e. The van der Waals surface area contributed by atoms with Gasteiger partial charge in [0.25, 0.3) is 0 Å². The number of β-amino-alcohol motifs (C(OH)–C–C–N with tert-alkyl or cyclic N) is 1. The van der Waals surface area contributed by atoms with E-state index < -0.39 is 0 Å². The van der Waals surface area contributed by atoms with E-state index in [0.29, 0.717) is 18.5 Å². The second-order valence-electron chi connectivity index (χ2n) is 9.24. The fraction of sp³-hybridized carbons (Fsp3) is 0.407. The summed E-state index contributed by atoms with van der Waals surface area (Å²) in [6.07, 6.45) is 5.60. The van der Waals surface area contributed by atoms with Crippen LogP contribution in [0.25, 0.3) is 11.1 Å². The molecule has 5 rings (SSSR count). The molecule has 2 N–H and O–H groups in total. The van der Waals surface area contributed by atoms with E-state index in [1.165, 1.54) is 16.7 Å². The minimum atomic E-state index is -0.260. The normalized spacial score (nSPS) is 20.0. The van der Waals surface area contributed by atoms with Gasteiger partial charge in [0.15, 0.2) is 0 Å². The first-order valence-corrected chi connectivity index (χ1v) is 12.1. The van der Waals surface area contributed by atoms with Gasteiger partial charge in [-0.1, -0.05) is 54.6 Å². The number of anilines is 2. The topological polar surface area (TPSA) is 64.5 Å². The molecule has 6 heteroatoms. The summed E-state index contributed by atoms with van der Waals surface area (Å²) in [6.45, 7) is 4.72. The molecule has 172 valence electrons. The van der Waals surface area contributed by atoms with E-state index in [9.17, 15) is 5.11 Å². The van der Waals surface area contributed by atoms with Gasteiger partial charge in [-0.3, -0.25) is 4.90 Å². The molecule has 3 aromatic rings. The summed E-state index contributed by atoms with van der Waals surface area (Å²) >= 11 is 0. The van der Waals surface area contributed by atoms with Crippen LogP contribution in [-0.2, 0) is 6.54 Å². The van der Waals surface area contributed by atoms with E-state index in [0.717, 1.165) is 57.7 Å². The Hall–Kier alpha value is -2.96. The predicted octanol–water partition coefficient (Wildman–Crippen LogP) is 4.18. The molecule has 6 nitrogen and oxygen atoms in total. The molecule has 2 aliphatic heterocycles. The number of nitrogens with one attached hydrogen (secondary N) is 1. The van der Waals surface area contributed by atoms with Gasteiger partial charge >= 0.3 is 0 Å². The average molecular weight is 444 g/mol. The summed E-state index contributed by atoms with van der Waals surface area (Å²) in [7, 11) is 0. The summed E-state index contributed by atoms with van der Waals surface area (Å²) in [5, 5.41) is 13.5. The molecule has 0 spiro atoms. The lowest BCUT2D eigenvalue weighted by Gasteiger charge is -2.33. The summed E-state index contributed by atoms with van der Waals surface area (Å²) < 4.78 is 0. The highest BCUT2D eigenvalue weighted by atomic mass is 16.3. The highest BCUT2D eigenvalue weighted by Gasteiger charge is 2.22. The molecule has 1 unspecified atom stereocenters. The number of hydrogen-bond donors (Lipinski definition) is 2. The summed E-state index contributed by atoms with van der Waals surface area (Å²) in [6, 6.07) is 21.8. The number of nitrogens with zero attached hydrogens (tertiary/aromatic N) is 4. The summed E-state index contributed by atoms with van der Waals surface area (Å²) in [5.74, 6) is 1.60. The Labute approximate surface area is 196 Å². The van der Waals surface area contributed by atoms with Crippen LogP contribution < -0.4 is 10.2 Å². The van der Waals surface area contributed by atoms with E-state index in [1.807, 2.05) is 12.3 Å². The van der Waals surface area contributed by atoms with Crippen molar-refractivity contribution in [1.82, 2.24) is 14.9 Å². The number of aromatic nitrogens is 2. The average Bonchev–Trinajstić information content (AvgIpc) is 2.86. The molecule has 0 aliphatic carbocycles. The van der Waals surface area contributed by atoms with Crippen molar-refractivity contribution in [2.75, 3.05) is 36.4 Å². The van der Waals surface area contributed by atoms with Gasteiger partial charge in [0.05, 0.1) is 6.10 Å². The predicted molar refractivity (Wildman–Crippen MR) is 133 cm³/mol. The van der Waals surface area contributed by atoms with Gasteiger partial charge in [-0.25, -0.2) is 4.98 Å². The number of hydrogen-bond acceptors (Lipinski definition) is 6. The van der Waals surface area contributed by atoms with Crippen LogP contribution in [0.5, 0.6) is 0 Å². The lowest BCUT2D eigenvalue weighted by atomic mass is 10.0. The third-order valence-electron chi connectivity index (χ3n) is 6.75. The first-order valence-electron chi connectivity index (χ1n) is 12.1. The quantitative estimate of drug-likeness (QED) is 0.596. The van der Waals surface area contributed by atoms with Crippen molar-refractivity contribution in [3.63, 3.8) is 0 Å². The standard InChI is InChI=1S/C27H33N5O/c33-25-7-4-16-32(20-25)26-12-15-28-27(30-26)29-24-13-17-31(18-14-24)19-21-8-10-23(11-9-21)22-5-2-1-3-6-22/h1-3,5-6,8-12,15,24-25,33H,4,7,13-14,16-20H2,(H,28,29,30). The van der Waals surface area contributed by atoms with Crippen molar-refractivity contribution in [3.05, 3.63) is 72.4 Å². The maximum atomic E-state index is 9.96. The van der Waals surface area contributed by atoms with E-state index in [2.05, 4.69) is 74.7 Å². The molecule has 33 heavy (non-hydrogen) atoms. The van der Waals surface area contributed by atoms with Crippen LogP contribution in [0.4, 0.5) is 11.8 Å². The van der Waals surface area contributed by atoms with Gasteiger partial charge in [-0.2, -0.15) is 4.98 Å². The van der Waals surface area contributed by atoms with Gasteiger partial charge < -0.3 is 15.3 Å². The molecule has 2 aliphatic rings. The second-order valence-corrected chi connectivity index (χ2v) is 9.24. The number of likely N-dealkylation sites (tertiary alicyclic amines) is 1. The van der Waals surface area contributed by atoms with E-state index in [4.69, 9.17) is 4.98 Å². The maximum absolute atomic E-state index is 9.96. The Balaban J connectivity index is 1.12. The van der Waals surface area contributed by atoms with Gasteiger partial charge in [-0.05, 0) is 48.4 Å². The van der Waals surface area contributed by atoms with Gasteiger partial charge in [0, 0.05) is 45.0 Å². The van der Waals surface area contributed by atoms with Crippen molar-refractivity contribution in [1.29, 1.82) is 0 Å². The summed E-state index contributed by atoms with van der Waals surface area (Å²) in [5.41, 5.74) is 3.89. The molecule has 1 atom stereocenters. The minimum absolute atomic E-state index is 0.260. The number of benzene rings is 2. The molecule has 2 fully saturated rings. The van der Waals surface area contributed by atoms with E-state index >= 15 is 0 Å². The van der Waals surface area contributed by atoms with Crippen LogP contribution in [0.2, 0.25) is 0 Å². The van der Waals surface area contributed by atoms with E-state index in [-0.39, 0.29) is 6.10 Å². The molecule has 0 amide bonds. The fourth-order valence-electron chi connectivity index (χ4n) is 4.87. The van der Waals surface area contributed by atoms with Gasteiger partial charge in [0.2, 0.25) is 5.95 Å². The molecule has 2 aromatic carbocycles. The van der Waals surface area contributed by atoms with E-state index in [1.54, 1.807) is 0 Å². The zero-order chi connectivity index (χ0) is 22.5. The van der Waals surface area contributed by atoms with Crippen LogP contribution >= 0.6 is 0 Å². The third-order valence-corrected chi connectivity index (χ3v) is 6.75. The number of aliphatic hydroxyl groups is 1. The van der Waals surface area contributed by atoms with Crippen molar-refractivity contribution >= 4 is 11.8 Å². The van der Waals surface area contributed by atoms with Crippen molar-refractivity contribution < 1.29 is 5.11 Å². The van der Waals surface area contributed by atoms with Crippen LogP contribution in [-0.4, -0.2) is 58.3 Å². The van der Waals surface area contributed by atoms with Crippen LogP contribution in [0.1, 0.15) is 31.2 Å². The van der Waals surface area contributed by atoms with Crippen LogP contribution in [0.15, 0.2) is 66.9 Å². The number of piperidine rings is 2. The Morgan fingerprint density at radius 2 is 1.64 bits per heavy atom. The molecule has 2 saturated heterocycles. The molecule has 0 saturated carbocycles. The third kappa shape index (κ3) is 5.70. The molecule has 3 heterocycles. The smallest absolute Gasteiger partial charge is 0.224 e. The Morgan fingerprint density at radius 3 is 2.39 bits per heavy atom. The highest BCUT2D eigenvalue weighted by Crippen LogP contribution is 2.22. The Bertz CT molecular complexity index is 1020. The van der Waals surface area contributed by atoms with Gasteiger partial charge in [-0.15, -0.1) is 0 Å². The first kappa shape index (κ1) is 21.9. The van der Waals surface area contributed by atoms with Crippen molar-refractivity contribution in [3.8, 4) is 11.1 Å². The van der Waals surface area contributed by atoms with Crippen LogP contribution in [0.3, 0.4) is 0 Å². The van der Waals surface area contributed by atoms with Gasteiger partial charge in [0.1, 0.15) is 5.82 Å². The molecular formula is C27H33N5O. The lowest BCUT2D eigenvalue weighted by molar-refractivity contribution is 0.154. The van der Waals surface area contributed by atoms with Crippen LogP contribution in [0, 0.1) is 0 Å². The van der Waals surface area contributed by atoms with Crippen molar-refractivity contribution in [2.45, 2.75) is 44.4 Å². The Morgan fingerprint density at radius 1 is 0.879 bits per heavy atom. The SMILES string of the molecule is OC1CCCN(c2ccnc(NC3CCN(Cc4ccc(-c5ccccc5)cc4)CC3)n2)C1. The fourth-order valence-corrected chi connectivity index (χ4v) is 4.87. The maximum Gasteiger partial charge on any atom is 0.224 e. The number of rotatable bonds is 6. The zero-order valence-electron chi connectivity index (χ0n) is 19.1. The minimum Gasteiger partial charge on any atom is -0.391 e. The first-order chi connectivity index (χ1) is 16.2. The zero-order valence-corrected chi connectivity index (χ0v) is 19.1. The molecular weight excluding hydrogens is 410 g/mol. The monoisotopic (exact) mass is 443 g/mol. The number of aliphatic hydroxyl groups excluding tert-OH is 1. The molecule has 0 radical (unpaired) electrons. The lowest BCUT2D eigenvalue weighted by Crippen LogP contribution is -2.40. The second kappa shape index (κ2) is 10.3. The van der Waals surface area contributed by atoms with Crippen molar-refractivity contribution in [2.24, 2.45) is 0 Å². The highest BCUT2D eigenvalue weighted by molar-refractivity contribution is 5.63. The molecule has 0 bridgehead atoms. The summed E-state index contributed by atoms with van der Waals surface area (Å²) in [4.78, 5) is 13.9.